The molecule has 0 aliphatic carbocycles. The summed E-state index contributed by atoms with van der Waals surface area (Å²) in [5.74, 6) is 0.849. The molecule has 0 amide bonds. The molecule has 0 atom stereocenters. The van der Waals surface area contributed by atoms with Crippen LogP contribution in [0.15, 0.2) is 164 Å². The van der Waals surface area contributed by atoms with Gasteiger partial charge >= 0.3 is 6.92 Å². The molecule has 1 aliphatic heterocycles. The van der Waals surface area contributed by atoms with Crippen LogP contribution in [0.3, 0.4) is 0 Å². The Morgan fingerprint density at radius 1 is 0.417 bits per heavy atom. The fourth-order valence-corrected chi connectivity index (χ4v) is 8.43. The highest BCUT2D eigenvalue weighted by Gasteiger charge is 2.39. The lowest BCUT2D eigenvalue weighted by Crippen LogP contribution is -2.53. The Hall–Kier alpha value is -6.26. The number of aromatic nitrogens is 2. The van der Waals surface area contributed by atoms with Crippen LogP contribution >= 0.6 is 0 Å². The van der Waals surface area contributed by atoms with E-state index in [1.54, 1.807) is 0 Å². The van der Waals surface area contributed by atoms with E-state index in [9.17, 15) is 0 Å². The fraction of sp³-hybridized carbons (Fsp3) is 0. The molecule has 0 spiro atoms. The minimum Gasteiger partial charge on any atom is -0.551 e. The minimum atomic E-state index is -0.353. The maximum atomic E-state index is 7.20. The molecule has 0 fully saturated rings. The molecule has 0 radical (unpaired) electrons. The summed E-state index contributed by atoms with van der Waals surface area (Å²) >= 11 is 0. The molecule has 0 saturated heterocycles. The monoisotopic (exact) mass is 610 g/mol. The number of hydrogen-bond donors (Lipinski definition) is 0. The van der Waals surface area contributed by atoms with Crippen molar-refractivity contribution in [2.24, 2.45) is 0 Å². The molecule has 3 nitrogen and oxygen atoms in total. The number of para-hydroxylation sites is 3. The summed E-state index contributed by atoms with van der Waals surface area (Å²) in [6.45, 7) is -0.353. The first-order valence-electron chi connectivity index (χ1n) is 16.6. The van der Waals surface area contributed by atoms with E-state index in [0.29, 0.717) is 0 Å². The number of fused-ring (bicyclic) bond motifs is 12. The molecular formula is C44H27BN2O. The first-order valence-corrected chi connectivity index (χ1v) is 16.6. The molecule has 222 valence electrons. The molecule has 8 aromatic carbocycles. The second-order valence-corrected chi connectivity index (χ2v) is 12.8. The Bertz CT molecular complexity index is 2880. The van der Waals surface area contributed by atoms with Crippen molar-refractivity contribution < 1.29 is 4.65 Å². The maximum absolute atomic E-state index is 7.20. The molecule has 0 bridgehead atoms. The van der Waals surface area contributed by atoms with Gasteiger partial charge in [0.05, 0.1) is 27.8 Å². The van der Waals surface area contributed by atoms with E-state index in [4.69, 9.17) is 4.65 Å². The third kappa shape index (κ3) is 3.39. The Labute approximate surface area is 276 Å². The molecule has 1 aliphatic rings. The van der Waals surface area contributed by atoms with Gasteiger partial charge in [-0.1, -0.05) is 121 Å². The lowest BCUT2D eigenvalue weighted by molar-refractivity contribution is 0.591. The van der Waals surface area contributed by atoms with Crippen molar-refractivity contribution in [3.8, 4) is 17.1 Å². The average molecular weight is 611 g/mol. The van der Waals surface area contributed by atoms with Crippen LogP contribution < -0.4 is 15.6 Å². The van der Waals surface area contributed by atoms with Crippen molar-refractivity contribution in [2.45, 2.75) is 0 Å². The van der Waals surface area contributed by atoms with Gasteiger partial charge in [0.25, 0.3) is 0 Å². The normalized spacial score (nSPS) is 12.5. The second-order valence-electron chi connectivity index (χ2n) is 12.8. The standard InChI is InChI=1S/C44H27BN2O/c1-2-15-30(16-3-1)48-45-35-27-29-14-5-7-18-32(29)42-41-31-17-6-4-13-28(31)25-26-38(41)47(44(35)42)40-24-12-23-39(43(40)45)46-36-21-10-8-19-33(36)34-20-9-11-22-37(34)46/h1-27H. The van der Waals surface area contributed by atoms with Crippen LogP contribution in [-0.2, 0) is 0 Å². The van der Waals surface area contributed by atoms with Gasteiger partial charge in [-0.05, 0) is 69.5 Å². The summed E-state index contributed by atoms with van der Waals surface area (Å²) in [6, 6.07) is 59.1. The summed E-state index contributed by atoms with van der Waals surface area (Å²) in [5, 5.41) is 10.0. The van der Waals surface area contributed by atoms with E-state index in [-0.39, 0.29) is 6.92 Å². The van der Waals surface area contributed by atoms with Gasteiger partial charge in [0.1, 0.15) is 0 Å². The van der Waals surface area contributed by atoms with Gasteiger partial charge in [-0.25, -0.2) is 0 Å². The fourth-order valence-electron chi connectivity index (χ4n) is 8.43. The van der Waals surface area contributed by atoms with Crippen LogP contribution in [0.1, 0.15) is 0 Å². The number of nitrogens with zero attached hydrogens (tertiary/aromatic N) is 2. The Morgan fingerprint density at radius 2 is 1.00 bits per heavy atom. The molecule has 0 saturated carbocycles. The summed E-state index contributed by atoms with van der Waals surface area (Å²) in [7, 11) is 0. The number of benzene rings is 8. The molecule has 3 heterocycles. The highest BCUT2D eigenvalue weighted by Crippen LogP contribution is 2.42. The largest absolute Gasteiger partial charge is 0.551 e. The smallest absolute Gasteiger partial charge is 0.432 e. The van der Waals surface area contributed by atoms with Gasteiger partial charge in [0.2, 0.25) is 0 Å². The second kappa shape index (κ2) is 9.63. The van der Waals surface area contributed by atoms with Gasteiger partial charge < -0.3 is 13.8 Å². The predicted octanol–water partition coefficient (Wildman–Crippen LogP) is 9.69. The van der Waals surface area contributed by atoms with Crippen LogP contribution in [0.5, 0.6) is 5.75 Å². The van der Waals surface area contributed by atoms with Crippen molar-refractivity contribution in [1.82, 2.24) is 9.13 Å². The highest BCUT2D eigenvalue weighted by molar-refractivity contribution is 6.85. The molecule has 0 unspecified atom stereocenters. The number of hydrogen-bond acceptors (Lipinski definition) is 1. The summed E-state index contributed by atoms with van der Waals surface area (Å²) in [4.78, 5) is 0. The third-order valence-electron chi connectivity index (χ3n) is 10.3. The van der Waals surface area contributed by atoms with E-state index in [1.165, 1.54) is 70.6 Å². The third-order valence-corrected chi connectivity index (χ3v) is 10.3. The topological polar surface area (TPSA) is 19.1 Å². The van der Waals surface area contributed by atoms with Crippen LogP contribution in [0.4, 0.5) is 0 Å². The molecule has 11 rings (SSSR count). The first-order chi connectivity index (χ1) is 23.8. The van der Waals surface area contributed by atoms with Crippen molar-refractivity contribution in [2.75, 3.05) is 0 Å². The van der Waals surface area contributed by atoms with Crippen LogP contribution in [-0.4, -0.2) is 16.0 Å². The van der Waals surface area contributed by atoms with Crippen molar-refractivity contribution >= 4 is 83.0 Å². The van der Waals surface area contributed by atoms with E-state index in [2.05, 4.69) is 167 Å². The SMILES string of the molecule is c1ccc(OB2c3c(-n4c5ccccc5c5ccccc54)cccc3-n3c4ccc5ccccc5c4c4c5ccccc5cc2c43)cc1. The van der Waals surface area contributed by atoms with Crippen molar-refractivity contribution in [1.29, 1.82) is 0 Å². The average Bonchev–Trinajstić information content (AvgIpc) is 3.68. The highest BCUT2D eigenvalue weighted by atomic mass is 16.4. The summed E-state index contributed by atoms with van der Waals surface area (Å²) < 4.78 is 12.1. The zero-order valence-electron chi connectivity index (χ0n) is 26.0. The quantitative estimate of drug-likeness (QED) is 0.182. The lowest BCUT2D eigenvalue weighted by Gasteiger charge is -2.29. The molecule has 48 heavy (non-hydrogen) atoms. The van der Waals surface area contributed by atoms with Gasteiger partial charge in [0.15, 0.2) is 0 Å². The van der Waals surface area contributed by atoms with Gasteiger partial charge in [0, 0.05) is 38.4 Å². The molecule has 2 aromatic heterocycles. The first kappa shape index (κ1) is 25.9. The van der Waals surface area contributed by atoms with Gasteiger partial charge in [-0.3, -0.25) is 0 Å². The summed E-state index contributed by atoms with van der Waals surface area (Å²) in [5.41, 5.74) is 9.39. The van der Waals surface area contributed by atoms with E-state index >= 15 is 0 Å². The predicted molar refractivity (Wildman–Crippen MR) is 202 cm³/mol. The minimum absolute atomic E-state index is 0.353. The zero-order valence-corrected chi connectivity index (χ0v) is 26.0. The Morgan fingerprint density at radius 3 is 1.73 bits per heavy atom. The lowest BCUT2D eigenvalue weighted by atomic mass is 9.52. The Balaban J connectivity index is 1.36. The maximum Gasteiger partial charge on any atom is 0.432 e. The van der Waals surface area contributed by atoms with E-state index in [0.717, 1.165) is 22.6 Å². The molecule has 10 aromatic rings. The van der Waals surface area contributed by atoms with Crippen LogP contribution in [0.25, 0.3) is 76.5 Å². The van der Waals surface area contributed by atoms with Crippen molar-refractivity contribution in [3.05, 3.63) is 164 Å². The molecular weight excluding hydrogens is 583 g/mol. The van der Waals surface area contributed by atoms with Gasteiger partial charge in [-0.2, -0.15) is 0 Å². The van der Waals surface area contributed by atoms with Crippen LogP contribution in [0.2, 0.25) is 0 Å². The molecule has 0 N–H and O–H groups in total. The van der Waals surface area contributed by atoms with Crippen LogP contribution in [0, 0.1) is 0 Å². The molecule has 4 heteroatoms. The van der Waals surface area contributed by atoms with E-state index in [1.807, 2.05) is 6.07 Å². The zero-order chi connectivity index (χ0) is 31.3. The number of rotatable bonds is 3. The van der Waals surface area contributed by atoms with Gasteiger partial charge in [-0.15, -0.1) is 0 Å². The van der Waals surface area contributed by atoms with E-state index < -0.39 is 0 Å². The Kier molecular flexibility index (Phi) is 5.19. The van der Waals surface area contributed by atoms with Crippen molar-refractivity contribution in [3.63, 3.8) is 0 Å². The summed E-state index contributed by atoms with van der Waals surface area (Å²) in [6.07, 6.45) is 0.